The normalized spacial score (nSPS) is 12.8. The molecule has 0 unspecified atom stereocenters. The van der Waals surface area contributed by atoms with E-state index in [-0.39, 0.29) is 36.0 Å². The summed E-state index contributed by atoms with van der Waals surface area (Å²) in [5.74, 6) is 0.247. The van der Waals surface area contributed by atoms with Crippen molar-refractivity contribution < 1.29 is 14.0 Å². The number of carbonyl (C=O) groups is 2. The SMILES string of the molecule is CC[C@H](C)NC(=O)[C@@H](C)N(Cc1ccc(F)cc1)C(=O)CSCc1ccc(Cl)cc1. The van der Waals surface area contributed by atoms with Crippen LogP contribution in [0.2, 0.25) is 5.02 Å². The van der Waals surface area contributed by atoms with Gasteiger partial charge in [0, 0.05) is 23.4 Å². The summed E-state index contributed by atoms with van der Waals surface area (Å²) in [7, 11) is 0. The number of hydrogen-bond acceptors (Lipinski definition) is 3. The molecule has 0 radical (unpaired) electrons. The van der Waals surface area contributed by atoms with Gasteiger partial charge in [-0.25, -0.2) is 4.39 Å². The second-order valence-corrected chi connectivity index (χ2v) is 8.68. The highest BCUT2D eigenvalue weighted by Crippen LogP contribution is 2.18. The average molecular weight is 451 g/mol. The standard InChI is InChI=1S/C23H28ClFN2O2S/c1-4-16(2)26-23(29)17(3)27(13-18-7-11-21(25)12-8-18)22(28)15-30-14-19-5-9-20(24)10-6-19/h5-12,16-17H,4,13-15H2,1-3H3,(H,26,29)/t16-,17+/m0/s1. The van der Waals surface area contributed by atoms with Crippen molar-refractivity contribution in [1.29, 1.82) is 0 Å². The van der Waals surface area contributed by atoms with Gasteiger partial charge in [-0.05, 0) is 55.7 Å². The predicted molar refractivity (Wildman–Crippen MR) is 122 cm³/mol. The lowest BCUT2D eigenvalue weighted by atomic mass is 10.1. The van der Waals surface area contributed by atoms with E-state index >= 15 is 0 Å². The first-order chi connectivity index (χ1) is 14.3. The fraction of sp³-hybridized carbons (Fsp3) is 0.391. The molecule has 7 heteroatoms. The fourth-order valence-corrected chi connectivity index (χ4v) is 3.75. The van der Waals surface area contributed by atoms with Gasteiger partial charge in [0.05, 0.1) is 5.75 Å². The van der Waals surface area contributed by atoms with Crippen molar-refractivity contribution in [2.24, 2.45) is 0 Å². The van der Waals surface area contributed by atoms with Crippen LogP contribution in [0.25, 0.3) is 0 Å². The van der Waals surface area contributed by atoms with Crippen LogP contribution in [0.3, 0.4) is 0 Å². The van der Waals surface area contributed by atoms with Crippen LogP contribution in [-0.2, 0) is 21.9 Å². The van der Waals surface area contributed by atoms with Crippen molar-refractivity contribution in [1.82, 2.24) is 10.2 Å². The first kappa shape index (κ1) is 24.2. The van der Waals surface area contributed by atoms with Crippen LogP contribution in [0.4, 0.5) is 4.39 Å². The molecule has 0 aromatic heterocycles. The van der Waals surface area contributed by atoms with Gasteiger partial charge in [0.15, 0.2) is 0 Å². The van der Waals surface area contributed by atoms with Gasteiger partial charge < -0.3 is 10.2 Å². The van der Waals surface area contributed by atoms with Crippen LogP contribution < -0.4 is 5.32 Å². The Morgan fingerprint density at radius 2 is 1.67 bits per heavy atom. The lowest BCUT2D eigenvalue weighted by molar-refractivity contribution is -0.138. The molecule has 0 saturated carbocycles. The van der Waals surface area contributed by atoms with Crippen molar-refractivity contribution in [3.63, 3.8) is 0 Å². The zero-order valence-corrected chi connectivity index (χ0v) is 19.1. The third-order valence-electron chi connectivity index (χ3n) is 4.84. The zero-order valence-electron chi connectivity index (χ0n) is 17.5. The molecule has 2 rings (SSSR count). The first-order valence-corrected chi connectivity index (χ1v) is 11.5. The minimum absolute atomic E-state index is 0.0296. The van der Waals surface area contributed by atoms with Gasteiger partial charge in [-0.2, -0.15) is 0 Å². The maximum absolute atomic E-state index is 13.2. The molecule has 0 aliphatic rings. The second kappa shape index (κ2) is 12.0. The van der Waals surface area contributed by atoms with Crippen LogP contribution in [-0.4, -0.2) is 34.6 Å². The van der Waals surface area contributed by atoms with E-state index in [1.165, 1.54) is 23.9 Å². The molecule has 0 aliphatic heterocycles. The van der Waals surface area contributed by atoms with Crippen LogP contribution in [0.1, 0.15) is 38.3 Å². The molecule has 0 spiro atoms. The largest absolute Gasteiger partial charge is 0.352 e. The van der Waals surface area contributed by atoms with Gasteiger partial charge in [-0.15, -0.1) is 11.8 Å². The van der Waals surface area contributed by atoms with E-state index in [4.69, 9.17) is 11.6 Å². The summed E-state index contributed by atoms with van der Waals surface area (Å²) in [6.45, 7) is 5.89. The number of nitrogens with one attached hydrogen (secondary N) is 1. The van der Waals surface area contributed by atoms with Crippen molar-refractivity contribution in [3.8, 4) is 0 Å². The fourth-order valence-electron chi connectivity index (χ4n) is 2.75. The molecule has 0 fully saturated rings. The minimum atomic E-state index is -0.632. The Kier molecular flexibility index (Phi) is 9.66. The van der Waals surface area contributed by atoms with E-state index in [2.05, 4.69) is 5.32 Å². The maximum Gasteiger partial charge on any atom is 0.242 e. The third-order valence-corrected chi connectivity index (χ3v) is 6.08. The number of thioether (sulfide) groups is 1. The molecule has 0 saturated heterocycles. The summed E-state index contributed by atoms with van der Waals surface area (Å²) in [5.41, 5.74) is 1.85. The van der Waals surface area contributed by atoms with E-state index in [9.17, 15) is 14.0 Å². The van der Waals surface area contributed by atoms with Crippen LogP contribution in [0, 0.1) is 5.82 Å². The molecule has 2 atom stereocenters. The van der Waals surface area contributed by atoms with E-state index in [1.54, 1.807) is 24.0 Å². The molecular weight excluding hydrogens is 423 g/mol. The molecule has 0 aliphatic carbocycles. The highest BCUT2D eigenvalue weighted by Gasteiger charge is 2.26. The number of hydrogen-bond donors (Lipinski definition) is 1. The lowest BCUT2D eigenvalue weighted by Gasteiger charge is -2.29. The summed E-state index contributed by atoms with van der Waals surface area (Å²) in [6, 6.07) is 12.9. The van der Waals surface area contributed by atoms with E-state index < -0.39 is 6.04 Å². The minimum Gasteiger partial charge on any atom is -0.352 e. The first-order valence-electron chi connectivity index (χ1n) is 9.96. The maximum atomic E-state index is 13.2. The highest BCUT2D eigenvalue weighted by atomic mass is 35.5. The monoisotopic (exact) mass is 450 g/mol. The smallest absolute Gasteiger partial charge is 0.242 e. The number of rotatable bonds is 10. The second-order valence-electron chi connectivity index (χ2n) is 7.26. The van der Waals surface area contributed by atoms with Gasteiger partial charge in [0.2, 0.25) is 11.8 Å². The molecule has 2 amide bonds. The number of nitrogens with zero attached hydrogens (tertiary/aromatic N) is 1. The molecule has 2 aromatic carbocycles. The number of benzene rings is 2. The van der Waals surface area contributed by atoms with Crippen LogP contribution >= 0.6 is 23.4 Å². The van der Waals surface area contributed by atoms with Crippen LogP contribution in [0.5, 0.6) is 0 Å². The Morgan fingerprint density at radius 3 is 2.27 bits per heavy atom. The lowest BCUT2D eigenvalue weighted by Crippen LogP contribution is -2.50. The molecule has 30 heavy (non-hydrogen) atoms. The van der Waals surface area contributed by atoms with Gasteiger partial charge in [0.1, 0.15) is 11.9 Å². The molecule has 4 nitrogen and oxygen atoms in total. The Labute approximate surface area is 187 Å². The Balaban J connectivity index is 2.06. The quantitative estimate of drug-likeness (QED) is 0.551. The summed E-state index contributed by atoms with van der Waals surface area (Å²) in [6.07, 6.45) is 0.807. The van der Waals surface area contributed by atoms with Crippen molar-refractivity contribution in [2.75, 3.05) is 5.75 Å². The van der Waals surface area contributed by atoms with Crippen molar-refractivity contribution >= 4 is 35.2 Å². The Morgan fingerprint density at radius 1 is 1.07 bits per heavy atom. The highest BCUT2D eigenvalue weighted by molar-refractivity contribution is 7.99. The topological polar surface area (TPSA) is 49.4 Å². The van der Waals surface area contributed by atoms with E-state index in [0.717, 1.165) is 17.5 Å². The number of halogens is 2. The number of amides is 2. The number of carbonyl (C=O) groups excluding carboxylic acids is 2. The zero-order chi connectivity index (χ0) is 22.1. The van der Waals surface area contributed by atoms with Crippen molar-refractivity contribution in [3.05, 3.63) is 70.5 Å². The summed E-state index contributed by atoms with van der Waals surface area (Å²) >= 11 is 7.39. The molecule has 162 valence electrons. The van der Waals surface area contributed by atoms with Gasteiger partial charge in [-0.3, -0.25) is 9.59 Å². The molecular formula is C23H28ClFN2O2S. The molecule has 0 bridgehead atoms. The van der Waals surface area contributed by atoms with Crippen LogP contribution in [0.15, 0.2) is 48.5 Å². The van der Waals surface area contributed by atoms with Gasteiger partial charge >= 0.3 is 0 Å². The van der Waals surface area contributed by atoms with Gasteiger partial charge in [-0.1, -0.05) is 42.8 Å². The molecule has 0 heterocycles. The third kappa shape index (κ3) is 7.65. The Bertz CT molecular complexity index is 830. The predicted octanol–water partition coefficient (Wildman–Crippen LogP) is 5.04. The average Bonchev–Trinajstić information content (AvgIpc) is 2.74. The van der Waals surface area contributed by atoms with E-state index in [1.807, 2.05) is 38.1 Å². The molecule has 1 N–H and O–H groups in total. The summed E-state index contributed by atoms with van der Waals surface area (Å²) < 4.78 is 13.2. The Hall–Kier alpha value is -2.05. The van der Waals surface area contributed by atoms with E-state index in [0.29, 0.717) is 10.8 Å². The molecule has 2 aromatic rings. The van der Waals surface area contributed by atoms with Gasteiger partial charge in [0.25, 0.3) is 0 Å². The summed E-state index contributed by atoms with van der Waals surface area (Å²) in [5, 5.41) is 3.61. The summed E-state index contributed by atoms with van der Waals surface area (Å²) in [4.78, 5) is 27.2. The van der Waals surface area contributed by atoms with Crippen molar-refractivity contribution in [2.45, 2.75) is 51.6 Å².